The van der Waals surface area contributed by atoms with Crippen molar-refractivity contribution >= 4 is 23.4 Å². The molecule has 3 fully saturated rings. The summed E-state index contributed by atoms with van der Waals surface area (Å²) in [6.45, 7) is 6.31. The molecule has 0 aromatic heterocycles. The molecule has 5 rings (SSSR count). The number of phenolic OH excluding ortho intramolecular Hbond substituents is 1. The maximum atomic E-state index is 12.6. The van der Waals surface area contributed by atoms with Gasteiger partial charge in [-0.05, 0) is 111 Å². The number of methoxy groups -OCH3 is 1. The Kier molecular flexibility index (Phi) is 8.31. The number of hydrogen-bond acceptors (Lipinski definition) is 7. The Morgan fingerprint density at radius 3 is 2.51 bits per heavy atom. The lowest BCUT2D eigenvalue weighted by Gasteiger charge is -2.58. The van der Waals surface area contributed by atoms with Crippen molar-refractivity contribution in [2.45, 2.75) is 84.6 Å². The second-order valence-electron chi connectivity index (χ2n) is 13.2. The van der Waals surface area contributed by atoms with Gasteiger partial charge < -0.3 is 20.0 Å². The normalized spacial score (nSPS) is 34.0. The van der Waals surface area contributed by atoms with Crippen molar-refractivity contribution in [3.8, 4) is 5.75 Å². The summed E-state index contributed by atoms with van der Waals surface area (Å²) >= 11 is 0. The molecular weight excluding hydrogens is 520 g/mol. The topological polar surface area (TPSA) is 114 Å². The molecule has 1 aromatic rings. The third-order valence-corrected chi connectivity index (χ3v) is 11.0. The second kappa shape index (κ2) is 11.6. The molecule has 2 N–H and O–H groups in total. The van der Waals surface area contributed by atoms with E-state index in [0.717, 1.165) is 43.4 Å². The monoisotopic (exact) mass is 564 g/mol. The number of amides is 1. The highest BCUT2D eigenvalue weighted by Gasteiger charge is 2.59. The van der Waals surface area contributed by atoms with Crippen molar-refractivity contribution in [2.24, 2.45) is 39.7 Å². The van der Waals surface area contributed by atoms with Crippen LogP contribution in [0.4, 0.5) is 0 Å². The zero-order valence-corrected chi connectivity index (χ0v) is 24.8. The third kappa shape index (κ3) is 5.67. The number of esters is 1. The molecule has 7 atom stereocenters. The molecule has 222 valence electrons. The van der Waals surface area contributed by atoms with Crippen LogP contribution in [0.2, 0.25) is 0 Å². The minimum Gasteiger partial charge on any atom is -0.508 e. The van der Waals surface area contributed by atoms with Gasteiger partial charge in [0.2, 0.25) is 0 Å². The number of carbonyl (C=O) groups is 3. The van der Waals surface area contributed by atoms with Crippen LogP contribution in [0, 0.1) is 34.5 Å². The summed E-state index contributed by atoms with van der Waals surface area (Å²) in [7, 11) is 1.28. The summed E-state index contributed by atoms with van der Waals surface area (Å²) in [6.07, 6.45) is 11.0. The molecule has 1 amide bonds. The summed E-state index contributed by atoms with van der Waals surface area (Å²) in [5.41, 5.74) is 3.39. The molecule has 0 saturated heterocycles. The SMILES string of the molecule is COC(=O)[C@H](Cc1ccc(O)cc1)NC(=O)CON=C1C=C2CC[C@@H]3[C@H]4CC[C@@H](C(C)=O)[C@@]4(C)CC[C@@H]3[C@@]2(C)CC1. The van der Waals surface area contributed by atoms with E-state index < -0.39 is 17.9 Å². The molecule has 41 heavy (non-hydrogen) atoms. The van der Waals surface area contributed by atoms with Gasteiger partial charge in [-0.15, -0.1) is 0 Å². The zero-order valence-electron chi connectivity index (χ0n) is 24.8. The number of ether oxygens (including phenoxy) is 1. The number of carbonyl (C=O) groups excluding carboxylic acids is 3. The van der Waals surface area contributed by atoms with E-state index in [1.54, 1.807) is 19.1 Å². The van der Waals surface area contributed by atoms with Crippen molar-refractivity contribution in [3.63, 3.8) is 0 Å². The van der Waals surface area contributed by atoms with E-state index in [-0.39, 0.29) is 35.5 Å². The fourth-order valence-electron chi connectivity index (χ4n) is 8.92. The number of Topliss-reactive ketones (excluding diaryl/α,β-unsaturated/α-hetero) is 1. The van der Waals surface area contributed by atoms with Crippen molar-refractivity contribution < 1.29 is 29.1 Å². The first kappa shape index (κ1) is 29.3. The smallest absolute Gasteiger partial charge is 0.328 e. The molecule has 4 aliphatic carbocycles. The number of ketones is 1. The Bertz CT molecular complexity index is 1240. The van der Waals surface area contributed by atoms with E-state index in [9.17, 15) is 19.5 Å². The average Bonchev–Trinajstić information content (AvgIpc) is 3.31. The number of allylic oxidation sites excluding steroid dienone is 2. The standard InChI is InChI=1S/C33H44N2O6/c1-20(36)26-11-12-27-25-10-7-22-18-23(13-15-32(22,2)28(25)14-16-33(26,27)3)35-41-19-30(38)34-29(31(39)40-4)17-21-5-8-24(37)9-6-21/h5-6,8-9,18,25-29,37H,7,10-17,19H2,1-4H3,(H,34,38)/t25-,26+,27-,28+,29+,32+,33-/m1/s1. The van der Waals surface area contributed by atoms with E-state index >= 15 is 0 Å². The molecule has 0 radical (unpaired) electrons. The minimum absolute atomic E-state index is 0.129. The summed E-state index contributed by atoms with van der Waals surface area (Å²) in [5.74, 6) is 1.70. The van der Waals surface area contributed by atoms with Gasteiger partial charge in [0, 0.05) is 12.3 Å². The van der Waals surface area contributed by atoms with E-state index in [0.29, 0.717) is 23.5 Å². The summed E-state index contributed by atoms with van der Waals surface area (Å²) in [5, 5.41) is 16.5. The maximum Gasteiger partial charge on any atom is 0.328 e. The molecule has 0 bridgehead atoms. The number of rotatable bonds is 8. The molecule has 0 unspecified atom stereocenters. The number of phenols is 1. The van der Waals surface area contributed by atoms with Gasteiger partial charge in [-0.3, -0.25) is 9.59 Å². The number of oxime groups is 1. The Morgan fingerprint density at radius 1 is 1.05 bits per heavy atom. The minimum atomic E-state index is -0.871. The van der Waals surface area contributed by atoms with Crippen LogP contribution in [0.5, 0.6) is 5.75 Å². The van der Waals surface area contributed by atoms with Crippen molar-refractivity contribution in [2.75, 3.05) is 13.7 Å². The molecule has 0 heterocycles. The predicted molar refractivity (Wildman–Crippen MR) is 155 cm³/mol. The van der Waals surface area contributed by atoms with Crippen LogP contribution < -0.4 is 5.32 Å². The molecule has 4 aliphatic rings. The molecular formula is C33H44N2O6. The predicted octanol–water partition coefficient (Wildman–Crippen LogP) is 5.13. The van der Waals surface area contributed by atoms with Gasteiger partial charge >= 0.3 is 5.97 Å². The third-order valence-electron chi connectivity index (χ3n) is 11.0. The number of benzene rings is 1. The zero-order chi connectivity index (χ0) is 29.4. The van der Waals surface area contributed by atoms with Crippen LogP contribution in [-0.2, 0) is 30.4 Å². The van der Waals surface area contributed by atoms with Gasteiger partial charge in [0.1, 0.15) is 17.6 Å². The van der Waals surface area contributed by atoms with E-state index in [1.807, 2.05) is 0 Å². The molecule has 8 nitrogen and oxygen atoms in total. The van der Waals surface area contributed by atoms with Crippen LogP contribution >= 0.6 is 0 Å². The van der Waals surface area contributed by atoms with Gasteiger partial charge in [0.05, 0.1) is 12.8 Å². The van der Waals surface area contributed by atoms with Crippen molar-refractivity contribution in [1.82, 2.24) is 5.32 Å². The Hall–Kier alpha value is -3.16. The lowest BCUT2D eigenvalue weighted by molar-refractivity contribution is -0.145. The van der Waals surface area contributed by atoms with Gasteiger partial charge in [0.15, 0.2) is 6.61 Å². The number of hydrogen-bond donors (Lipinski definition) is 2. The lowest BCUT2D eigenvalue weighted by atomic mass is 9.46. The van der Waals surface area contributed by atoms with Crippen LogP contribution in [-0.4, -0.2) is 48.2 Å². The second-order valence-corrected chi connectivity index (χ2v) is 13.2. The van der Waals surface area contributed by atoms with Gasteiger partial charge in [-0.2, -0.15) is 0 Å². The van der Waals surface area contributed by atoms with Crippen LogP contribution in [0.25, 0.3) is 0 Å². The van der Waals surface area contributed by atoms with E-state index in [1.165, 1.54) is 44.1 Å². The fourth-order valence-corrected chi connectivity index (χ4v) is 8.92. The molecule has 0 aliphatic heterocycles. The summed E-state index contributed by atoms with van der Waals surface area (Å²) < 4.78 is 4.86. The van der Waals surface area contributed by atoms with Gasteiger partial charge in [0.25, 0.3) is 5.91 Å². The van der Waals surface area contributed by atoms with Crippen LogP contribution in [0.3, 0.4) is 0 Å². The quantitative estimate of drug-likeness (QED) is 0.334. The maximum absolute atomic E-state index is 12.6. The number of aromatic hydroxyl groups is 1. The fraction of sp³-hybridized carbons (Fsp3) is 0.636. The average molecular weight is 565 g/mol. The first-order chi connectivity index (χ1) is 19.5. The van der Waals surface area contributed by atoms with E-state index in [4.69, 9.17) is 9.57 Å². The number of nitrogens with one attached hydrogen (secondary N) is 1. The van der Waals surface area contributed by atoms with Crippen molar-refractivity contribution in [1.29, 1.82) is 0 Å². The summed E-state index contributed by atoms with van der Waals surface area (Å²) in [4.78, 5) is 42.7. The Labute approximate surface area is 242 Å². The van der Waals surface area contributed by atoms with Crippen LogP contribution in [0.15, 0.2) is 41.1 Å². The van der Waals surface area contributed by atoms with Crippen molar-refractivity contribution in [3.05, 3.63) is 41.5 Å². The van der Waals surface area contributed by atoms with Gasteiger partial charge in [-0.25, -0.2) is 4.79 Å². The molecule has 0 spiro atoms. The van der Waals surface area contributed by atoms with Crippen LogP contribution in [0.1, 0.15) is 77.7 Å². The number of fused-ring (bicyclic) bond motifs is 5. The largest absolute Gasteiger partial charge is 0.508 e. The Balaban J connectivity index is 1.19. The highest BCUT2D eigenvalue weighted by Crippen LogP contribution is 2.66. The lowest BCUT2D eigenvalue weighted by Crippen LogP contribution is -2.51. The molecule has 8 heteroatoms. The van der Waals surface area contributed by atoms with E-state index in [2.05, 4.69) is 30.4 Å². The highest BCUT2D eigenvalue weighted by atomic mass is 16.6. The summed E-state index contributed by atoms with van der Waals surface area (Å²) in [6, 6.07) is 5.58. The van der Waals surface area contributed by atoms with Gasteiger partial charge in [-0.1, -0.05) is 36.7 Å². The highest BCUT2D eigenvalue weighted by molar-refractivity contribution is 5.96. The first-order valence-electron chi connectivity index (χ1n) is 15.1. The molecule has 1 aromatic carbocycles. The number of nitrogens with zero attached hydrogens (tertiary/aromatic N) is 1. The molecule has 3 saturated carbocycles. The first-order valence-corrected chi connectivity index (χ1v) is 15.1. The Morgan fingerprint density at radius 2 is 1.80 bits per heavy atom.